The van der Waals surface area contributed by atoms with Gasteiger partial charge in [-0.3, -0.25) is 0 Å². The van der Waals surface area contributed by atoms with Gasteiger partial charge in [0.1, 0.15) is 12.4 Å². The lowest BCUT2D eigenvalue weighted by atomic mass is 9.98. The molecular formula is C23H23NO. The second kappa shape index (κ2) is 8.86. The lowest BCUT2D eigenvalue weighted by Gasteiger charge is -2.10. The van der Waals surface area contributed by atoms with Crippen LogP contribution in [0.5, 0.6) is 5.75 Å². The summed E-state index contributed by atoms with van der Waals surface area (Å²) < 4.78 is 5.90. The Morgan fingerprint density at radius 3 is 1.84 bits per heavy atom. The zero-order valence-electron chi connectivity index (χ0n) is 14.3. The Morgan fingerprint density at radius 1 is 0.760 bits per heavy atom. The standard InChI is InChI=1S/C23H23NO/c24-17-15-19-11-13-22(14-12-19)25-18-16-23(20-7-3-1-4-8-20)21-9-5-2-6-10-21/h1-14,16H,15,17-18,24H2. The number of rotatable bonds is 7. The molecule has 3 aromatic rings. The summed E-state index contributed by atoms with van der Waals surface area (Å²) in [5, 5.41) is 0. The smallest absolute Gasteiger partial charge is 0.119 e. The van der Waals surface area contributed by atoms with Crippen LogP contribution < -0.4 is 10.5 Å². The predicted octanol–water partition coefficient (Wildman–Crippen LogP) is 4.70. The fourth-order valence-electron chi connectivity index (χ4n) is 2.78. The van der Waals surface area contributed by atoms with Crippen molar-refractivity contribution in [2.75, 3.05) is 13.2 Å². The molecule has 0 aliphatic heterocycles. The van der Waals surface area contributed by atoms with Crippen molar-refractivity contribution in [2.24, 2.45) is 5.73 Å². The SMILES string of the molecule is NCCc1ccc(OCC=C(c2ccccc2)c2ccccc2)cc1. The molecular weight excluding hydrogens is 306 g/mol. The summed E-state index contributed by atoms with van der Waals surface area (Å²) in [5.74, 6) is 0.873. The van der Waals surface area contributed by atoms with E-state index in [1.807, 2.05) is 24.3 Å². The molecule has 0 bridgehead atoms. The van der Waals surface area contributed by atoms with Gasteiger partial charge in [-0.05, 0) is 53.4 Å². The number of hydrogen-bond acceptors (Lipinski definition) is 2. The molecule has 25 heavy (non-hydrogen) atoms. The lowest BCUT2D eigenvalue weighted by molar-refractivity contribution is 0.363. The van der Waals surface area contributed by atoms with Gasteiger partial charge in [-0.2, -0.15) is 0 Å². The van der Waals surface area contributed by atoms with Gasteiger partial charge in [0, 0.05) is 0 Å². The van der Waals surface area contributed by atoms with Crippen molar-refractivity contribution in [3.8, 4) is 5.75 Å². The van der Waals surface area contributed by atoms with Gasteiger partial charge in [0.2, 0.25) is 0 Å². The highest BCUT2D eigenvalue weighted by atomic mass is 16.5. The van der Waals surface area contributed by atoms with Gasteiger partial charge >= 0.3 is 0 Å². The molecule has 0 heterocycles. The Kier molecular flexibility index (Phi) is 6.02. The fourth-order valence-corrected chi connectivity index (χ4v) is 2.78. The first-order chi connectivity index (χ1) is 12.4. The first-order valence-corrected chi connectivity index (χ1v) is 8.59. The van der Waals surface area contributed by atoms with E-state index in [-0.39, 0.29) is 0 Å². The Balaban J connectivity index is 1.75. The number of ether oxygens (including phenoxy) is 1. The summed E-state index contributed by atoms with van der Waals surface area (Å²) in [4.78, 5) is 0. The van der Waals surface area contributed by atoms with Crippen LogP contribution in [0.3, 0.4) is 0 Å². The van der Waals surface area contributed by atoms with Crippen molar-refractivity contribution in [3.05, 3.63) is 108 Å². The van der Waals surface area contributed by atoms with Crippen LogP contribution in [0.2, 0.25) is 0 Å². The normalized spacial score (nSPS) is 10.3. The van der Waals surface area contributed by atoms with Crippen molar-refractivity contribution in [2.45, 2.75) is 6.42 Å². The Hall–Kier alpha value is -2.84. The third-order valence-corrected chi connectivity index (χ3v) is 4.06. The summed E-state index contributed by atoms with van der Waals surface area (Å²) in [6.45, 7) is 1.19. The molecule has 0 atom stereocenters. The predicted molar refractivity (Wildman–Crippen MR) is 105 cm³/mol. The minimum Gasteiger partial charge on any atom is -0.490 e. The summed E-state index contributed by atoms with van der Waals surface area (Å²) in [6, 6.07) is 29.0. The summed E-state index contributed by atoms with van der Waals surface area (Å²) in [6.07, 6.45) is 3.03. The highest BCUT2D eigenvalue weighted by Gasteiger charge is 2.04. The molecule has 0 saturated carbocycles. The van der Waals surface area contributed by atoms with Crippen molar-refractivity contribution in [1.82, 2.24) is 0 Å². The van der Waals surface area contributed by atoms with Crippen LogP contribution in [0, 0.1) is 0 Å². The Bertz CT molecular complexity index is 751. The average molecular weight is 329 g/mol. The Morgan fingerprint density at radius 2 is 1.32 bits per heavy atom. The van der Waals surface area contributed by atoms with E-state index in [2.05, 4.69) is 66.7 Å². The van der Waals surface area contributed by atoms with Gasteiger partial charge in [-0.25, -0.2) is 0 Å². The molecule has 2 heteroatoms. The largest absolute Gasteiger partial charge is 0.490 e. The zero-order chi connectivity index (χ0) is 17.3. The van der Waals surface area contributed by atoms with E-state index in [4.69, 9.17) is 10.5 Å². The van der Waals surface area contributed by atoms with Crippen molar-refractivity contribution in [1.29, 1.82) is 0 Å². The van der Waals surface area contributed by atoms with Gasteiger partial charge in [-0.1, -0.05) is 72.8 Å². The van der Waals surface area contributed by atoms with Crippen LogP contribution in [0.4, 0.5) is 0 Å². The second-order valence-electron chi connectivity index (χ2n) is 5.84. The highest BCUT2D eigenvalue weighted by molar-refractivity contribution is 5.79. The van der Waals surface area contributed by atoms with E-state index in [1.165, 1.54) is 22.3 Å². The molecule has 0 amide bonds. The van der Waals surface area contributed by atoms with Gasteiger partial charge in [0.25, 0.3) is 0 Å². The molecule has 3 aromatic carbocycles. The van der Waals surface area contributed by atoms with Crippen molar-refractivity contribution in [3.63, 3.8) is 0 Å². The third kappa shape index (κ3) is 4.82. The molecule has 2 nitrogen and oxygen atoms in total. The minimum absolute atomic E-state index is 0.523. The summed E-state index contributed by atoms with van der Waals surface area (Å²) in [5.41, 5.74) is 10.4. The number of nitrogens with two attached hydrogens (primary N) is 1. The molecule has 0 fully saturated rings. The molecule has 2 N–H and O–H groups in total. The maximum Gasteiger partial charge on any atom is 0.119 e. The summed E-state index contributed by atoms with van der Waals surface area (Å²) >= 11 is 0. The van der Waals surface area contributed by atoms with Crippen molar-refractivity contribution >= 4 is 5.57 Å². The molecule has 0 spiro atoms. The minimum atomic E-state index is 0.523. The van der Waals surface area contributed by atoms with Crippen molar-refractivity contribution < 1.29 is 4.74 Å². The molecule has 0 aromatic heterocycles. The van der Waals surface area contributed by atoms with E-state index >= 15 is 0 Å². The molecule has 0 aliphatic carbocycles. The van der Waals surface area contributed by atoms with Gasteiger partial charge < -0.3 is 10.5 Å². The van der Waals surface area contributed by atoms with Crippen LogP contribution in [-0.2, 0) is 6.42 Å². The molecule has 126 valence electrons. The van der Waals surface area contributed by atoms with Crippen LogP contribution in [0.1, 0.15) is 16.7 Å². The van der Waals surface area contributed by atoms with E-state index in [0.717, 1.165) is 12.2 Å². The van der Waals surface area contributed by atoms with E-state index in [9.17, 15) is 0 Å². The second-order valence-corrected chi connectivity index (χ2v) is 5.84. The van der Waals surface area contributed by atoms with Gasteiger partial charge in [0.15, 0.2) is 0 Å². The quantitative estimate of drug-likeness (QED) is 0.682. The molecule has 0 saturated heterocycles. The van der Waals surface area contributed by atoms with E-state index < -0.39 is 0 Å². The van der Waals surface area contributed by atoms with Crippen LogP contribution in [0.25, 0.3) is 5.57 Å². The monoisotopic (exact) mass is 329 g/mol. The number of hydrogen-bond donors (Lipinski definition) is 1. The molecule has 0 radical (unpaired) electrons. The van der Waals surface area contributed by atoms with E-state index in [0.29, 0.717) is 13.2 Å². The molecule has 0 aliphatic rings. The van der Waals surface area contributed by atoms with Gasteiger partial charge in [0.05, 0.1) is 0 Å². The van der Waals surface area contributed by atoms with Crippen LogP contribution in [0.15, 0.2) is 91.0 Å². The molecule has 3 rings (SSSR count). The van der Waals surface area contributed by atoms with Crippen LogP contribution in [-0.4, -0.2) is 13.2 Å². The zero-order valence-corrected chi connectivity index (χ0v) is 14.3. The maximum atomic E-state index is 5.90. The van der Waals surface area contributed by atoms with Crippen LogP contribution >= 0.6 is 0 Å². The average Bonchev–Trinajstić information content (AvgIpc) is 2.68. The maximum absolute atomic E-state index is 5.90. The summed E-state index contributed by atoms with van der Waals surface area (Å²) in [7, 11) is 0. The van der Waals surface area contributed by atoms with E-state index in [1.54, 1.807) is 0 Å². The lowest BCUT2D eigenvalue weighted by Crippen LogP contribution is -2.02. The number of benzene rings is 3. The molecule has 0 unspecified atom stereocenters. The highest BCUT2D eigenvalue weighted by Crippen LogP contribution is 2.23. The topological polar surface area (TPSA) is 35.2 Å². The first kappa shape index (κ1) is 17.0. The van der Waals surface area contributed by atoms with Gasteiger partial charge in [-0.15, -0.1) is 0 Å². The first-order valence-electron chi connectivity index (χ1n) is 8.59. The third-order valence-electron chi connectivity index (χ3n) is 4.06. The fraction of sp³-hybridized carbons (Fsp3) is 0.130. The Labute approximate surface area is 149 Å².